The van der Waals surface area contributed by atoms with E-state index in [2.05, 4.69) is 33.4 Å². The molecular formula is C18H16ClN3. The molecule has 4 heteroatoms. The molecule has 0 saturated carbocycles. The minimum absolute atomic E-state index is 0.651. The van der Waals surface area contributed by atoms with E-state index in [4.69, 9.17) is 11.6 Å². The van der Waals surface area contributed by atoms with Crippen molar-refractivity contribution >= 4 is 22.8 Å². The van der Waals surface area contributed by atoms with Crippen molar-refractivity contribution < 1.29 is 0 Å². The predicted molar refractivity (Wildman–Crippen MR) is 89.8 cm³/mol. The van der Waals surface area contributed by atoms with Crippen LogP contribution in [0.3, 0.4) is 0 Å². The topological polar surface area (TPSA) is 30.2 Å². The van der Waals surface area contributed by atoms with Crippen LogP contribution in [-0.2, 0) is 0 Å². The number of nitrogens with zero attached hydrogens (tertiary/aromatic N) is 3. The second-order valence-corrected chi connectivity index (χ2v) is 6.29. The van der Waals surface area contributed by atoms with E-state index in [0.29, 0.717) is 10.9 Å². The van der Waals surface area contributed by atoms with Gasteiger partial charge in [-0.15, -0.1) is 0 Å². The van der Waals surface area contributed by atoms with Gasteiger partial charge in [0.2, 0.25) is 0 Å². The summed E-state index contributed by atoms with van der Waals surface area (Å²) in [5.74, 6) is 0.651. The molecule has 0 spiro atoms. The zero-order chi connectivity index (χ0) is 15.1. The van der Waals surface area contributed by atoms with Crippen molar-refractivity contribution in [1.29, 1.82) is 0 Å². The van der Waals surface area contributed by atoms with Crippen molar-refractivity contribution in [3.05, 3.63) is 59.6 Å². The third-order valence-electron chi connectivity index (χ3n) is 4.21. The van der Waals surface area contributed by atoms with E-state index in [1.165, 1.54) is 12.0 Å². The van der Waals surface area contributed by atoms with Crippen molar-refractivity contribution in [2.45, 2.75) is 19.8 Å². The van der Waals surface area contributed by atoms with Crippen molar-refractivity contribution in [3.8, 4) is 11.3 Å². The first-order valence-electron chi connectivity index (χ1n) is 7.51. The molecule has 0 radical (unpaired) electrons. The fourth-order valence-electron chi connectivity index (χ4n) is 3.04. The van der Waals surface area contributed by atoms with E-state index in [1.54, 1.807) is 0 Å². The van der Waals surface area contributed by atoms with Gasteiger partial charge in [0.25, 0.3) is 0 Å². The highest BCUT2D eigenvalue weighted by molar-refractivity contribution is 6.30. The second kappa shape index (κ2) is 5.25. The van der Waals surface area contributed by atoms with Crippen molar-refractivity contribution in [1.82, 2.24) is 14.4 Å². The maximum Gasteiger partial charge on any atom is 0.138 e. The number of fused-ring (bicyclic) bond motifs is 1. The Kier molecular flexibility index (Phi) is 3.23. The average molecular weight is 310 g/mol. The van der Waals surface area contributed by atoms with Crippen LogP contribution >= 0.6 is 11.6 Å². The van der Waals surface area contributed by atoms with Crippen LogP contribution in [0.15, 0.2) is 48.9 Å². The number of aromatic nitrogens is 3. The Morgan fingerprint density at radius 2 is 2.14 bits per heavy atom. The first kappa shape index (κ1) is 13.5. The standard InChI is InChI=1S/C18H16ClN3/c1-12-2-3-13(8-12)16-9-14(4-6-20-16)17-11-21-18-10-15(19)5-7-22(17)18/h4-12H,2-3H2,1H3. The summed E-state index contributed by atoms with van der Waals surface area (Å²) in [5.41, 5.74) is 5.47. The molecule has 3 aromatic heterocycles. The van der Waals surface area contributed by atoms with Gasteiger partial charge in [-0.1, -0.05) is 24.6 Å². The summed E-state index contributed by atoms with van der Waals surface area (Å²) in [4.78, 5) is 8.98. The zero-order valence-electron chi connectivity index (χ0n) is 12.3. The van der Waals surface area contributed by atoms with Gasteiger partial charge in [0, 0.05) is 29.0 Å². The summed E-state index contributed by atoms with van der Waals surface area (Å²) < 4.78 is 2.05. The van der Waals surface area contributed by atoms with Gasteiger partial charge in [-0.2, -0.15) is 0 Å². The summed E-state index contributed by atoms with van der Waals surface area (Å²) >= 11 is 6.03. The molecule has 3 aromatic rings. The number of hydrogen-bond acceptors (Lipinski definition) is 2. The first-order valence-corrected chi connectivity index (χ1v) is 7.88. The van der Waals surface area contributed by atoms with Crippen LogP contribution in [0.4, 0.5) is 0 Å². The maximum atomic E-state index is 6.03. The molecule has 1 atom stereocenters. The Morgan fingerprint density at radius 3 is 2.95 bits per heavy atom. The predicted octanol–water partition coefficient (Wildman–Crippen LogP) is 4.86. The van der Waals surface area contributed by atoms with Crippen molar-refractivity contribution in [2.75, 3.05) is 0 Å². The van der Waals surface area contributed by atoms with Gasteiger partial charge in [-0.3, -0.25) is 9.38 Å². The molecule has 0 saturated heterocycles. The lowest BCUT2D eigenvalue weighted by atomic mass is 10.1. The lowest BCUT2D eigenvalue weighted by molar-refractivity contribution is 0.703. The third kappa shape index (κ3) is 2.32. The smallest absolute Gasteiger partial charge is 0.138 e. The van der Waals surface area contributed by atoms with Gasteiger partial charge in [0.15, 0.2) is 0 Å². The Balaban J connectivity index is 1.80. The number of allylic oxidation sites excluding steroid dienone is 2. The molecule has 3 nitrogen and oxygen atoms in total. The molecule has 0 N–H and O–H groups in total. The Morgan fingerprint density at radius 1 is 1.23 bits per heavy atom. The van der Waals surface area contributed by atoms with E-state index in [1.807, 2.05) is 36.8 Å². The van der Waals surface area contributed by atoms with Gasteiger partial charge < -0.3 is 0 Å². The molecule has 3 heterocycles. The molecule has 4 rings (SSSR count). The van der Waals surface area contributed by atoms with E-state index < -0.39 is 0 Å². The largest absolute Gasteiger partial charge is 0.300 e. The molecule has 1 aliphatic carbocycles. The number of hydrogen-bond donors (Lipinski definition) is 0. The van der Waals surface area contributed by atoms with E-state index >= 15 is 0 Å². The monoisotopic (exact) mass is 309 g/mol. The summed E-state index contributed by atoms with van der Waals surface area (Å²) in [6.45, 7) is 2.26. The van der Waals surface area contributed by atoms with Crippen LogP contribution in [0.25, 0.3) is 22.5 Å². The second-order valence-electron chi connectivity index (χ2n) is 5.85. The van der Waals surface area contributed by atoms with Crippen molar-refractivity contribution in [2.24, 2.45) is 5.92 Å². The number of imidazole rings is 1. The van der Waals surface area contributed by atoms with Crippen LogP contribution in [0.1, 0.15) is 25.5 Å². The van der Waals surface area contributed by atoms with Crippen LogP contribution in [0.5, 0.6) is 0 Å². The number of pyridine rings is 2. The Labute approximate surface area is 134 Å². The van der Waals surface area contributed by atoms with Crippen LogP contribution in [0.2, 0.25) is 5.02 Å². The van der Waals surface area contributed by atoms with Crippen molar-refractivity contribution in [3.63, 3.8) is 0 Å². The van der Waals surface area contributed by atoms with E-state index in [-0.39, 0.29) is 0 Å². The number of rotatable bonds is 2. The lowest BCUT2D eigenvalue weighted by Gasteiger charge is -2.06. The highest BCUT2D eigenvalue weighted by Gasteiger charge is 2.15. The molecule has 0 aromatic carbocycles. The maximum absolute atomic E-state index is 6.03. The third-order valence-corrected chi connectivity index (χ3v) is 4.45. The van der Waals surface area contributed by atoms with E-state index in [9.17, 15) is 0 Å². The molecule has 110 valence electrons. The van der Waals surface area contributed by atoms with Crippen LogP contribution in [0, 0.1) is 5.92 Å². The lowest BCUT2D eigenvalue weighted by Crippen LogP contribution is -1.91. The fraction of sp³-hybridized carbons (Fsp3) is 0.222. The van der Waals surface area contributed by atoms with Gasteiger partial charge in [0.05, 0.1) is 17.6 Å². The first-order chi connectivity index (χ1) is 10.7. The Hall–Kier alpha value is -2.13. The average Bonchev–Trinajstić information content (AvgIpc) is 3.13. The highest BCUT2D eigenvalue weighted by atomic mass is 35.5. The fourth-order valence-corrected chi connectivity index (χ4v) is 3.20. The molecule has 1 unspecified atom stereocenters. The highest BCUT2D eigenvalue weighted by Crippen LogP contribution is 2.32. The summed E-state index contributed by atoms with van der Waals surface area (Å²) in [6, 6.07) is 7.93. The molecule has 0 amide bonds. The SMILES string of the molecule is CC1C=C(c2cc(-c3cnc4cc(Cl)ccn34)ccn2)CC1. The minimum atomic E-state index is 0.651. The summed E-state index contributed by atoms with van der Waals surface area (Å²) in [5, 5.41) is 0.699. The zero-order valence-corrected chi connectivity index (χ0v) is 13.1. The van der Waals surface area contributed by atoms with Gasteiger partial charge in [-0.05, 0) is 42.5 Å². The quantitative estimate of drug-likeness (QED) is 0.676. The molecule has 0 fully saturated rings. The molecule has 22 heavy (non-hydrogen) atoms. The van der Waals surface area contributed by atoms with Gasteiger partial charge >= 0.3 is 0 Å². The van der Waals surface area contributed by atoms with Crippen LogP contribution < -0.4 is 0 Å². The van der Waals surface area contributed by atoms with Gasteiger partial charge in [0.1, 0.15) is 5.65 Å². The minimum Gasteiger partial charge on any atom is -0.300 e. The molecule has 1 aliphatic rings. The molecule has 0 aliphatic heterocycles. The summed E-state index contributed by atoms with van der Waals surface area (Å²) in [7, 11) is 0. The molecule has 0 bridgehead atoms. The summed E-state index contributed by atoms with van der Waals surface area (Å²) in [6.07, 6.45) is 10.4. The number of halogens is 1. The normalized spacial score (nSPS) is 17.9. The van der Waals surface area contributed by atoms with E-state index in [0.717, 1.165) is 29.0 Å². The molecular weight excluding hydrogens is 294 g/mol. The van der Waals surface area contributed by atoms with Gasteiger partial charge in [-0.25, -0.2) is 4.98 Å². The Bertz CT molecular complexity index is 879. The van der Waals surface area contributed by atoms with Crippen LogP contribution in [-0.4, -0.2) is 14.4 Å².